The number of hydrogen-bond acceptors (Lipinski definition) is 0. The molecule has 0 bridgehead atoms. The summed E-state index contributed by atoms with van der Waals surface area (Å²) in [6.45, 7) is 0. The van der Waals surface area contributed by atoms with Gasteiger partial charge in [-0.3, -0.25) is 0 Å². The fraction of sp³-hybridized carbons (Fsp3) is 0. The molecule has 82 heavy (non-hydrogen) atoms. The van der Waals surface area contributed by atoms with Gasteiger partial charge < -0.3 is 0 Å². The van der Waals surface area contributed by atoms with Gasteiger partial charge in [-0.05, 0) is 0 Å². The molecule has 0 N–H and O–H groups in total. The molecular formula is W82. The van der Waals surface area contributed by atoms with Crippen LogP contribution in [0.4, 0.5) is 0 Å². The second kappa shape index (κ2) is 803. The second-order valence-corrected chi connectivity index (χ2v) is 0. The van der Waals surface area contributed by atoms with Crippen LogP contribution >= 0.6 is 0 Å². The van der Waals surface area contributed by atoms with Crippen LogP contribution in [0.5, 0.6) is 0 Å². The fourth-order valence-electron chi connectivity index (χ4n) is 0. The van der Waals surface area contributed by atoms with Crippen LogP contribution in [0.25, 0.3) is 0 Å². The minimum atomic E-state index is 0. The van der Waals surface area contributed by atoms with Crippen molar-refractivity contribution in [2.45, 2.75) is 0 Å². The predicted octanol–water partition coefficient (Wildman–Crippen LogP) is -0.205. The summed E-state index contributed by atoms with van der Waals surface area (Å²) >= 11 is 0. The van der Waals surface area contributed by atoms with Crippen molar-refractivity contribution in [2.24, 2.45) is 0 Å². The summed E-state index contributed by atoms with van der Waals surface area (Å²) in [6.07, 6.45) is 0. The molecule has 0 aromatic heterocycles. The van der Waals surface area contributed by atoms with Gasteiger partial charge in [-0.15, -0.1) is 0 Å². The van der Waals surface area contributed by atoms with Crippen LogP contribution in [0.15, 0.2) is 0 Å². The Morgan fingerprint density at radius 1 is 0.0122 bits per heavy atom. The maximum atomic E-state index is 0. The average Bonchev–Trinajstić information content (AvgIpc) is 0. The van der Waals surface area contributed by atoms with Crippen LogP contribution in [0.2, 0.25) is 0 Å². The number of hydrogen-bond donors (Lipinski definition) is 0. The van der Waals surface area contributed by atoms with Gasteiger partial charge in [0.2, 0.25) is 0 Å². The van der Waals surface area contributed by atoms with Gasteiger partial charge in [0.25, 0.3) is 0 Å². The van der Waals surface area contributed by atoms with E-state index < -0.39 is 0 Å². The van der Waals surface area contributed by atoms with Crippen molar-refractivity contribution < 1.29 is 1730 Å². The first kappa shape index (κ1) is 821. The Balaban J connectivity index is 0. The van der Waals surface area contributed by atoms with Crippen molar-refractivity contribution in [3.8, 4) is 0 Å². The molecule has 0 radical (unpaired) electrons. The average molecular weight is 15100 g/mol. The second-order valence-electron chi connectivity index (χ2n) is 0. The van der Waals surface area contributed by atoms with Crippen LogP contribution in [0.1, 0.15) is 0 Å². The van der Waals surface area contributed by atoms with Crippen molar-refractivity contribution >= 4 is 0 Å². The third kappa shape index (κ3) is 786. The van der Waals surface area contributed by atoms with Crippen LogP contribution in [0.3, 0.4) is 0 Å². The van der Waals surface area contributed by atoms with E-state index in [4.69, 9.17) is 0 Å². The summed E-state index contributed by atoms with van der Waals surface area (Å²) in [5.74, 6) is 0. The van der Waals surface area contributed by atoms with E-state index >= 15 is 0 Å². The summed E-state index contributed by atoms with van der Waals surface area (Å²) in [5, 5.41) is 0. The van der Waals surface area contributed by atoms with Gasteiger partial charge in [-0.2, -0.15) is 0 Å². The molecule has 0 atom stereocenters. The van der Waals surface area contributed by atoms with E-state index in [1.165, 1.54) is 0 Å². The molecule has 0 unspecified atom stereocenters. The molecule has 0 aromatic carbocycles. The first-order chi connectivity index (χ1) is 0. The summed E-state index contributed by atoms with van der Waals surface area (Å²) in [7, 11) is 0. The van der Waals surface area contributed by atoms with Gasteiger partial charge >= 0.3 is 0 Å². The van der Waals surface area contributed by atoms with Gasteiger partial charge in [0.15, 0.2) is 0 Å². The molecule has 0 fully saturated rings. The third-order valence-electron chi connectivity index (χ3n) is 0. The SMILES string of the molecule is [W].[W].[W].[W].[W].[W].[W].[W].[W].[W].[W].[W].[W].[W].[W].[W].[W].[W].[W].[W].[W].[W].[W].[W].[W].[W].[W].[W].[W].[W].[W].[W].[W].[W].[W].[W].[W].[W].[W].[W].[W].[W].[W].[W].[W].[W].[W].[W].[W].[W].[W].[W].[W].[W].[W].[W].[W].[W].[W].[W].[W].[W].[W].[W].[W].[W].[W].[W].[W].[W].[W].[W].[W].[W].[W].[W].[W].[W].[W].[W].[W].[W]. The van der Waals surface area contributed by atoms with E-state index in [0.717, 1.165) is 0 Å². The normalized spacial score (nSPS) is 0. The zero-order valence-electron chi connectivity index (χ0n) is 33.5. The first-order valence-corrected chi connectivity index (χ1v) is 0. The molecule has 0 heterocycles. The molecule has 492 valence electrons. The molecule has 0 aliphatic carbocycles. The van der Waals surface area contributed by atoms with Gasteiger partial charge in [0.1, 0.15) is 0 Å². The predicted molar refractivity (Wildman–Crippen MR) is 0 cm³/mol. The van der Waals surface area contributed by atoms with E-state index in [0.29, 0.717) is 0 Å². The van der Waals surface area contributed by atoms with Crippen molar-refractivity contribution in [3.63, 3.8) is 0 Å². The summed E-state index contributed by atoms with van der Waals surface area (Å²) in [6, 6.07) is 0. The molecule has 0 amide bonds. The van der Waals surface area contributed by atoms with Gasteiger partial charge in [0.05, 0.1) is 0 Å². The molecule has 0 nitrogen and oxygen atoms in total. The Bertz CT molecular complexity index is 0. The zero-order chi connectivity index (χ0) is 0. The Hall–Kier alpha value is 56.4. The Labute approximate surface area is 1670 Å². The maximum Gasteiger partial charge on any atom is 0 e. The molecule has 0 saturated heterocycles. The van der Waals surface area contributed by atoms with Crippen LogP contribution in [0, 0.1) is 0 Å². The van der Waals surface area contributed by atoms with E-state index in [9.17, 15) is 0 Å². The smallest absolute Gasteiger partial charge is 0 e. The fourth-order valence-corrected chi connectivity index (χ4v) is 0. The molecule has 0 aliphatic heterocycles. The van der Waals surface area contributed by atoms with Crippen LogP contribution in [-0.2, 0) is 1730 Å². The van der Waals surface area contributed by atoms with Crippen LogP contribution in [-0.4, -0.2) is 0 Å². The Kier molecular flexibility index (Phi) is 8040. The third-order valence-corrected chi connectivity index (χ3v) is 0. The minimum Gasteiger partial charge on any atom is 0 e. The molecule has 82 heteroatoms. The molecule has 0 aliphatic rings. The maximum absolute atomic E-state index is 0. The van der Waals surface area contributed by atoms with Crippen molar-refractivity contribution in [2.75, 3.05) is 0 Å². The molecule has 0 saturated carbocycles. The largest absolute Gasteiger partial charge is 0 e. The summed E-state index contributed by atoms with van der Waals surface area (Å²) in [5.41, 5.74) is 0. The molecular weight excluding hydrogens is 15100 g/mol. The van der Waals surface area contributed by atoms with Crippen molar-refractivity contribution in [1.82, 2.24) is 0 Å². The Morgan fingerprint density at radius 2 is 0.0122 bits per heavy atom. The molecule has 0 rings (SSSR count). The standard InChI is InChI=1S/82W. The van der Waals surface area contributed by atoms with Gasteiger partial charge in [0, 0.05) is 1730 Å². The zero-order valence-corrected chi connectivity index (χ0v) is 274. The first-order valence-electron chi connectivity index (χ1n) is 0. The quantitative estimate of drug-likeness (QED) is 0.316. The summed E-state index contributed by atoms with van der Waals surface area (Å²) in [4.78, 5) is 0. The van der Waals surface area contributed by atoms with Gasteiger partial charge in [-0.25, -0.2) is 0 Å². The van der Waals surface area contributed by atoms with E-state index in [1.807, 2.05) is 0 Å². The van der Waals surface area contributed by atoms with Crippen molar-refractivity contribution in [3.05, 3.63) is 0 Å². The van der Waals surface area contributed by atoms with Gasteiger partial charge in [-0.1, -0.05) is 0 Å². The summed E-state index contributed by atoms with van der Waals surface area (Å²) < 4.78 is 0. The van der Waals surface area contributed by atoms with E-state index in [2.05, 4.69) is 0 Å². The van der Waals surface area contributed by atoms with Crippen molar-refractivity contribution in [1.29, 1.82) is 0 Å². The number of rotatable bonds is 0. The van der Waals surface area contributed by atoms with E-state index in [1.54, 1.807) is 0 Å². The van der Waals surface area contributed by atoms with Crippen LogP contribution < -0.4 is 0 Å². The van der Waals surface area contributed by atoms with E-state index in [-0.39, 0.29) is 1730 Å². The molecule has 0 aromatic rings. The Morgan fingerprint density at radius 3 is 0.0122 bits per heavy atom. The molecule has 0 spiro atoms. The topological polar surface area (TPSA) is 0 Å². The monoisotopic (exact) mass is 15100 g/mol. The minimum absolute atomic E-state index is 0.